The maximum atomic E-state index is 12.6. The number of thioether (sulfide) groups is 1. The van der Waals surface area contributed by atoms with Crippen molar-refractivity contribution in [3.8, 4) is 0 Å². The molecule has 0 saturated carbocycles. The smallest absolute Gasteiger partial charge is 0.550 e. The van der Waals surface area contributed by atoms with Crippen LogP contribution in [-0.4, -0.2) is 17.5 Å². The molecule has 0 aliphatic carbocycles. The fourth-order valence-corrected chi connectivity index (χ4v) is 3.62. The maximum Gasteiger partial charge on any atom is 1.00 e. The third-order valence-corrected chi connectivity index (χ3v) is 4.85. The predicted molar refractivity (Wildman–Crippen MR) is 84.4 cm³/mol. The van der Waals surface area contributed by atoms with Crippen molar-refractivity contribution in [3.05, 3.63) is 64.7 Å². The van der Waals surface area contributed by atoms with Crippen LogP contribution in [0.5, 0.6) is 0 Å². The van der Waals surface area contributed by atoms with E-state index in [1.807, 2.05) is 24.3 Å². The number of carbonyl (C=O) groups is 3. The van der Waals surface area contributed by atoms with Crippen LogP contribution >= 0.6 is 11.8 Å². The van der Waals surface area contributed by atoms with Gasteiger partial charge in [-0.15, -0.1) is 11.8 Å². The summed E-state index contributed by atoms with van der Waals surface area (Å²) in [6.07, 6.45) is -0.395. The van der Waals surface area contributed by atoms with Crippen molar-refractivity contribution in [1.29, 1.82) is 0 Å². The quantitative estimate of drug-likeness (QED) is 0.536. The summed E-state index contributed by atoms with van der Waals surface area (Å²) in [4.78, 5) is 35.9. The molecule has 0 N–H and O–H groups in total. The monoisotopic (exact) mass is 348 g/mol. The van der Waals surface area contributed by atoms with Crippen molar-refractivity contribution in [1.82, 2.24) is 0 Å². The first-order chi connectivity index (χ1) is 11.1. The molecule has 0 spiro atoms. The molecule has 1 aliphatic heterocycles. The molecule has 0 unspecified atom stereocenters. The first-order valence-electron chi connectivity index (χ1n) is 7.19. The number of ketones is 2. The molecule has 0 atom stereocenters. The zero-order valence-electron chi connectivity index (χ0n) is 13.2. The summed E-state index contributed by atoms with van der Waals surface area (Å²) in [5.74, 6) is -0.889. The molecule has 0 fully saturated rings. The fourth-order valence-electron chi connectivity index (χ4n) is 2.53. The van der Waals surface area contributed by atoms with Gasteiger partial charge in [0, 0.05) is 39.7 Å². The summed E-state index contributed by atoms with van der Waals surface area (Å²) in [5.41, 5.74) is 2.67. The Balaban J connectivity index is 0.00000208. The Hall–Kier alpha value is -1.40. The minimum absolute atomic E-state index is 0. The number of hydrogen-bond donors (Lipinski definition) is 0. The van der Waals surface area contributed by atoms with E-state index < -0.39 is 5.97 Å². The molecule has 1 aliphatic rings. The fraction of sp³-hybridized carbons (Fsp3) is 0.167. The normalized spacial score (nSPS) is 12.4. The first kappa shape index (κ1) is 18.9. The van der Waals surface area contributed by atoms with E-state index in [0.717, 1.165) is 10.5 Å². The van der Waals surface area contributed by atoms with Crippen LogP contribution in [0.3, 0.4) is 0 Å². The average molecular weight is 348 g/mol. The molecule has 3 rings (SSSR count). The number of carboxylic acids is 1. The van der Waals surface area contributed by atoms with Crippen LogP contribution < -0.4 is 34.7 Å². The van der Waals surface area contributed by atoms with Gasteiger partial charge < -0.3 is 9.90 Å². The molecule has 0 bridgehead atoms. The van der Waals surface area contributed by atoms with Gasteiger partial charge in [0.05, 0.1) is 0 Å². The van der Waals surface area contributed by atoms with Crippen LogP contribution in [0.25, 0.3) is 0 Å². The topological polar surface area (TPSA) is 74.3 Å². The van der Waals surface area contributed by atoms with Gasteiger partial charge in [-0.3, -0.25) is 9.59 Å². The number of rotatable bonds is 4. The first-order valence-corrected chi connectivity index (χ1v) is 8.17. The molecule has 2 aromatic rings. The van der Waals surface area contributed by atoms with Crippen molar-refractivity contribution in [3.63, 3.8) is 0 Å². The molecular weight excluding hydrogens is 335 g/mol. The van der Waals surface area contributed by atoms with Gasteiger partial charge in [-0.1, -0.05) is 30.3 Å². The zero-order valence-corrected chi connectivity index (χ0v) is 16.0. The number of benzene rings is 2. The molecule has 116 valence electrons. The molecule has 1 heterocycles. The van der Waals surface area contributed by atoms with Crippen LogP contribution in [0, 0.1) is 0 Å². The molecule has 24 heavy (non-hydrogen) atoms. The minimum atomic E-state index is -1.24. The summed E-state index contributed by atoms with van der Waals surface area (Å²) < 4.78 is 0. The average Bonchev–Trinajstić information content (AvgIpc) is 2.70. The summed E-state index contributed by atoms with van der Waals surface area (Å²) in [7, 11) is 0. The van der Waals surface area contributed by atoms with Crippen LogP contribution in [0.2, 0.25) is 0 Å². The number of carboxylic acid groups (broad SMARTS) is 1. The molecular formula is C18H13NaO4S. The Labute approximate surface area is 165 Å². The number of aliphatic carboxylic acids is 1. The van der Waals surface area contributed by atoms with E-state index in [0.29, 0.717) is 22.4 Å². The molecule has 0 saturated heterocycles. The second-order valence-corrected chi connectivity index (χ2v) is 6.30. The third kappa shape index (κ3) is 3.98. The summed E-state index contributed by atoms with van der Waals surface area (Å²) in [5, 5.41) is 10.5. The van der Waals surface area contributed by atoms with Crippen molar-refractivity contribution in [2.75, 3.05) is 0 Å². The van der Waals surface area contributed by atoms with Gasteiger partial charge in [-0.05, 0) is 24.1 Å². The molecule has 2 aromatic carbocycles. The Kier molecular flexibility index (Phi) is 6.40. The van der Waals surface area contributed by atoms with E-state index >= 15 is 0 Å². The Bertz CT molecular complexity index is 816. The predicted octanol–water partition coefficient (Wildman–Crippen LogP) is -0.760. The Morgan fingerprint density at radius 1 is 1.04 bits per heavy atom. The summed E-state index contributed by atoms with van der Waals surface area (Å²) >= 11 is 1.51. The minimum Gasteiger partial charge on any atom is -0.550 e. The molecule has 0 aromatic heterocycles. The Morgan fingerprint density at radius 3 is 2.54 bits per heavy atom. The number of carbonyl (C=O) groups excluding carboxylic acids is 3. The number of hydrogen-bond acceptors (Lipinski definition) is 5. The van der Waals surface area contributed by atoms with E-state index in [1.165, 1.54) is 11.8 Å². The van der Waals surface area contributed by atoms with E-state index in [-0.39, 0.29) is 54.0 Å². The zero-order chi connectivity index (χ0) is 16.4. The standard InChI is InChI=1S/C18H14O4S.Na/c19-15(7-8-17(20)21)11-5-6-14-16(9-11)23-10-12-3-1-2-4-13(12)18(14)22;/h1-6,9H,7-8,10H2,(H,20,21);/q;+1/p-1. The summed E-state index contributed by atoms with van der Waals surface area (Å²) in [6.45, 7) is 0. The molecule has 6 heteroatoms. The number of Topliss-reactive ketones (excluding diaryl/α,β-unsaturated/α-hetero) is 1. The van der Waals surface area contributed by atoms with Crippen LogP contribution in [0.15, 0.2) is 47.4 Å². The van der Waals surface area contributed by atoms with Gasteiger partial charge in [0.2, 0.25) is 0 Å². The molecule has 0 radical (unpaired) electrons. The Morgan fingerprint density at radius 2 is 1.79 bits per heavy atom. The van der Waals surface area contributed by atoms with E-state index in [4.69, 9.17) is 0 Å². The third-order valence-electron chi connectivity index (χ3n) is 3.75. The second kappa shape index (κ2) is 8.12. The van der Waals surface area contributed by atoms with E-state index in [1.54, 1.807) is 18.2 Å². The largest absolute Gasteiger partial charge is 1.00 e. The number of fused-ring (bicyclic) bond motifs is 2. The maximum absolute atomic E-state index is 12.6. The van der Waals surface area contributed by atoms with Gasteiger partial charge in [0.1, 0.15) is 0 Å². The van der Waals surface area contributed by atoms with Gasteiger partial charge in [0.25, 0.3) is 0 Å². The van der Waals surface area contributed by atoms with Crippen LogP contribution in [-0.2, 0) is 10.5 Å². The van der Waals surface area contributed by atoms with Crippen LogP contribution in [0.4, 0.5) is 0 Å². The van der Waals surface area contributed by atoms with Crippen molar-refractivity contribution in [2.45, 2.75) is 23.5 Å². The van der Waals surface area contributed by atoms with E-state index in [9.17, 15) is 19.5 Å². The van der Waals surface area contributed by atoms with Gasteiger partial charge >= 0.3 is 29.6 Å². The van der Waals surface area contributed by atoms with Gasteiger partial charge in [-0.2, -0.15) is 0 Å². The second-order valence-electron chi connectivity index (χ2n) is 5.28. The van der Waals surface area contributed by atoms with Gasteiger partial charge in [0.15, 0.2) is 11.6 Å². The SMILES string of the molecule is O=C([O-])CCC(=O)c1ccc2c(c1)SCc1ccccc1C2=O.[Na+]. The van der Waals surface area contributed by atoms with Crippen LogP contribution in [0.1, 0.15) is 44.7 Å². The van der Waals surface area contributed by atoms with Crippen molar-refractivity contribution in [2.24, 2.45) is 0 Å². The summed E-state index contributed by atoms with van der Waals surface area (Å²) in [6, 6.07) is 12.4. The van der Waals surface area contributed by atoms with E-state index in [2.05, 4.69) is 0 Å². The van der Waals surface area contributed by atoms with Crippen molar-refractivity contribution >= 4 is 29.3 Å². The van der Waals surface area contributed by atoms with Crippen molar-refractivity contribution < 1.29 is 49.0 Å². The molecule has 0 amide bonds. The molecule has 4 nitrogen and oxygen atoms in total. The van der Waals surface area contributed by atoms with Gasteiger partial charge in [-0.25, -0.2) is 0 Å².